The molecule has 3 amide bonds. The predicted octanol–water partition coefficient (Wildman–Crippen LogP) is 0.858. The fourth-order valence-electron chi connectivity index (χ4n) is 2.44. The van der Waals surface area contributed by atoms with Crippen LogP contribution in [0.1, 0.15) is 24.7 Å². The van der Waals surface area contributed by atoms with E-state index in [4.69, 9.17) is 15.2 Å². The van der Waals surface area contributed by atoms with E-state index in [1.807, 2.05) is 0 Å². The number of hydroxylamine groups is 2. The number of amides is 3. The first-order chi connectivity index (χ1) is 13.8. The van der Waals surface area contributed by atoms with Gasteiger partial charge in [0.15, 0.2) is 6.61 Å². The second kappa shape index (κ2) is 11.5. The summed E-state index contributed by atoms with van der Waals surface area (Å²) in [4.78, 5) is 34.7. The van der Waals surface area contributed by atoms with E-state index in [0.29, 0.717) is 5.75 Å². The third-order valence-electron chi connectivity index (χ3n) is 3.99. The van der Waals surface area contributed by atoms with Crippen LogP contribution in [0.3, 0.4) is 0 Å². The molecule has 2 rings (SSSR count). The molecule has 0 aliphatic carbocycles. The number of ether oxygens (including phenoxy) is 1. The summed E-state index contributed by atoms with van der Waals surface area (Å²) in [5.74, 6) is -1.74. The van der Waals surface area contributed by atoms with Crippen LogP contribution in [0.15, 0.2) is 48.5 Å². The maximum atomic E-state index is 12.3. The van der Waals surface area contributed by atoms with Gasteiger partial charge in [-0.25, -0.2) is 11.0 Å². The highest BCUT2D eigenvalue weighted by Crippen LogP contribution is 2.23. The summed E-state index contributed by atoms with van der Waals surface area (Å²) in [6.07, 6.45) is -1.20. The van der Waals surface area contributed by atoms with Gasteiger partial charge in [0.05, 0.1) is 6.10 Å². The third-order valence-corrected chi connectivity index (χ3v) is 3.99. The lowest BCUT2D eigenvalue weighted by atomic mass is 10.0. The lowest BCUT2D eigenvalue weighted by Crippen LogP contribution is -2.51. The Hall–Kier alpha value is -3.47. The fourth-order valence-corrected chi connectivity index (χ4v) is 2.44. The van der Waals surface area contributed by atoms with Crippen LogP contribution in [0.25, 0.3) is 11.1 Å². The summed E-state index contributed by atoms with van der Waals surface area (Å²) >= 11 is 0. The molecule has 10 nitrogen and oxygen atoms in total. The number of rotatable bonds is 8. The Bertz CT molecular complexity index is 852. The van der Waals surface area contributed by atoms with E-state index >= 15 is 0 Å². The Kier molecular flexibility index (Phi) is 9.43. The Morgan fingerprint density at radius 2 is 1.47 bits per heavy atom. The number of benzene rings is 2. The van der Waals surface area contributed by atoms with Gasteiger partial charge in [-0.3, -0.25) is 24.8 Å². The van der Waals surface area contributed by atoms with Crippen molar-refractivity contribution in [2.24, 2.45) is 0 Å². The summed E-state index contributed by atoms with van der Waals surface area (Å²) in [5.41, 5.74) is 4.77. The first-order valence-corrected chi connectivity index (χ1v) is 8.54. The lowest BCUT2D eigenvalue weighted by molar-refractivity contribution is -0.133. The number of carbonyl (C=O) groups excluding carboxylic acids is 3. The maximum Gasteiger partial charge on any atom is 0.281 e. The molecule has 2 aromatic rings. The van der Waals surface area contributed by atoms with E-state index in [2.05, 4.69) is 5.32 Å². The lowest BCUT2D eigenvalue weighted by Gasteiger charge is -2.19. The van der Waals surface area contributed by atoms with Crippen molar-refractivity contribution in [1.82, 2.24) is 16.3 Å². The zero-order valence-electron chi connectivity index (χ0n) is 15.5. The summed E-state index contributed by atoms with van der Waals surface area (Å²) in [5, 5.41) is 29.0. The van der Waals surface area contributed by atoms with Gasteiger partial charge in [0, 0.05) is 5.56 Å². The third kappa shape index (κ3) is 6.55. The summed E-state index contributed by atoms with van der Waals surface area (Å²) in [6, 6.07) is 12.0. The molecule has 10 heteroatoms. The Balaban J connectivity index is 0.00000450. The Labute approximate surface area is 173 Å². The molecule has 0 aromatic heterocycles. The summed E-state index contributed by atoms with van der Waals surface area (Å²) < 4.78 is 5.19. The minimum atomic E-state index is -1.30. The minimum absolute atomic E-state index is 0. The highest BCUT2D eigenvalue weighted by molar-refractivity contribution is 5.97. The van der Waals surface area contributed by atoms with E-state index in [1.165, 1.54) is 17.9 Å². The second-order valence-electron chi connectivity index (χ2n) is 6.09. The molecule has 30 heavy (non-hydrogen) atoms. The first-order valence-electron chi connectivity index (χ1n) is 8.54. The van der Waals surface area contributed by atoms with Crippen molar-refractivity contribution >= 4 is 17.7 Å². The number of aliphatic hydroxyl groups is 1. The second-order valence-corrected chi connectivity index (χ2v) is 6.09. The zero-order chi connectivity index (χ0) is 21.4. The van der Waals surface area contributed by atoms with Crippen molar-refractivity contribution < 1.29 is 34.6 Å². The monoisotopic (exact) mass is 419 g/mol. The van der Waals surface area contributed by atoms with Crippen molar-refractivity contribution in [3.63, 3.8) is 0 Å². The molecule has 0 radical (unpaired) electrons. The van der Waals surface area contributed by atoms with Crippen LogP contribution >= 0.6 is 0 Å². The quantitative estimate of drug-likeness (QED) is 0.274. The van der Waals surface area contributed by atoms with Crippen LogP contribution in [0, 0.1) is 0 Å². The largest absolute Gasteiger partial charge is 0.484 e. The molecule has 0 unspecified atom stereocenters. The summed E-state index contributed by atoms with van der Waals surface area (Å²) in [7, 11) is 0. The molecule has 0 aliphatic rings. The van der Waals surface area contributed by atoms with E-state index in [9.17, 15) is 19.5 Å². The number of hydrogen-bond donors (Lipinski definition) is 6. The molecule has 0 saturated carbocycles. The molecule has 162 valence electrons. The van der Waals surface area contributed by atoms with E-state index < -0.39 is 29.9 Å². The molecule has 0 saturated heterocycles. The van der Waals surface area contributed by atoms with Crippen molar-refractivity contribution in [3.05, 3.63) is 54.1 Å². The average molecular weight is 419 g/mol. The molecular formula is C20H25N3O7. The number of nitrogens with one attached hydrogen (secondary N) is 3. The minimum Gasteiger partial charge on any atom is -0.484 e. The van der Waals surface area contributed by atoms with Gasteiger partial charge >= 0.3 is 0 Å². The van der Waals surface area contributed by atoms with E-state index in [1.54, 1.807) is 48.5 Å². The first kappa shape index (κ1) is 24.6. The SMILES string of the molecule is C.C[C@@H](O)[C@H](NC(=O)c1ccc(-c2ccc(OCC(=O)NO)cc2)cc1)C(=O)NO. The maximum absolute atomic E-state index is 12.3. The smallest absolute Gasteiger partial charge is 0.281 e. The molecular weight excluding hydrogens is 394 g/mol. The van der Waals surface area contributed by atoms with Crippen LogP contribution in [0.2, 0.25) is 0 Å². The van der Waals surface area contributed by atoms with Crippen molar-refractivity contribution in [3.8, 4) is 16.9 Å². The van der Waals surface area contributed by atoms with Gasteiger partial charge in [-0.05, 0) is 42.3 Å². The van der Waals surface area contributed by atoms with Gasteiger partial charge in [-0.15, -0.1) is 0 Å². The molecule has 2 aromatic carbocycles. The van der Waals surface area contributed by atoms with E-state index in [0.717, 1.165) is 11.1 Å². The molecule has 2 atom stereocenters. The van der Waals surface area contributed by atoms with Crippen molar-refractivity contribution in [2.45, 2.75) is 26.5 Å². The highest BCUT2D eigenvalue weighted by Gasteiger charge is 2.25. The number of aliphatic hydroxyl groups excluding tert-OH is 1. The van der Waals surface area contributed by atoms with Crippen molar-refractivity contribution in [2.75, 3.05) is 6.61 Å². The molecule has 0 bridgehead atoms. The van der Waals surface area contributed by atoms with Crippen LogP contribution in [0.5, 0.6) is 5.75 Å². The van der Waals surface area contributed by atoms with Gasteiger partial charge in [-0.1, -0.05) is 31.7 Å². The van der Waals surface area contributed by atoms with Crippen LogP contribution in [-0.4, -0.2) is 52.0 Å². The van der Waals surface area contributed by atoms with Crippen LogP contribution < -0.4 is 21.0 Å². The van der Waals surface area contributed by atoms with E-state index in [-0.39, 0.29) is 19.6 Å². The molecule has 6 N–H and O–H groups in total. The Morgan fingerprint density at radius 1 is 0.933 bits per heavy atom. The zero-order valence-corrected chi connectivity index (χ0v) is 15.5. The number of carbonyl (C=O) groups is 3. The standard InChI is InChI=1S/C19H21N3O7.CH4/c1-11(23)17(19(26)22-28)20-18(25)14-4-2-12(3-5-14)13-6-8-15(9-7-13)29-10-16(24)21-27;/h2-9,11,17,23,27-28H,10H2,1H3,(H,20,25)(H,21,24)(H,22,26);1H4/t11-,17+;/m1./s1. The van der Waals surface area contributed by atoms with Gasteiger partial charge in [0.25, 0.3) is 17.7 Å². The average Bonchev–Trinajstić information content (AvgIpc) is 2.75. The van der Waals surface area contributed by atoms with Crippen molar-refractivity contribution in [1.29, 1.82) is 0 Å². The molecule has 0 heterocycles. The summed E-state index contributed by atoms with van der Waals surface area (Å²) in [6.45, 7) is 0.994. The van der Waals surface area contributed by atoms with Crippen LogP contribution in [-0.2, 0) is 9.59 Å². The van der Waals surface area contributed by atoms with Gasteiger partial charge in [0.2, 0.25) is 0 Å². The van der Waals surface area contributed by atoms with Crippen LogP contribution in [0.4, 0.5) is 0 Å². The fraction of sp³-hybridized carbons (Fsp3) is 0.250. The normalized spacial score (nSPS) is 12.0. The molecule has 0 fully saturated rings. The molecule has 0 aliphatic heterocycles. The Morgan fingerprint density at radius 3 is 1.93 bits per heavy atom. The van der Waals surface area contributed by atoms with Gasteiger partial charge < -0.3 is 15.2 Å². The van der Waals surface area contributed by atoms with Gasteiger partial charge in [0.1, 0.15) is 11.8 Å². The molecule has 0 spiro atoms. The predicted molar refractivity (Wildman–Crippen MR) is 107 cm³/mol. The number of hydrogen-bond acceptors (Lipinski definition) is 7. The topological polar surface area (TPSA) is 157 Å². The van der Waals surface area contributed by atoms with Gasteiger partial charge in [-0.2, -0.15) is 0 Å². The highest BCUT2D eigenvalue weighted by atomic mass is 16.5.